The molecule has 3 rings (SSSR count). The number of nitrogens with zero attached hydrogens (tertiary/aromatic N) is 2. The fourth-order valence-electron chi connectivity index (χ4n) is 3.64. The van der Waals surface area contributed by atoms with Crippen molar-refractivity contribution in [3.8, 4) is 17.1 Å². The summed E-state index contributed by atoms with van der Waals surface area (Å²) in [5.74, 6) is -0.251. The number of aliphatic hydroxyl groups is 1. The largest absolute Gasteiger partial charge is 0.494 e. The molecule has 1 aliphatic rings. The van der Waals surface area contributed by atoms with Crippen LogP contribution in [-0.4, -0.2) is 49.5 Å². The molecule has 2 aromatic rings. The summed E-state index contributed by atoms with van der Waals surface area (Å²) >= 11 is 0. The standard InChI is InChI=1S/C20H26FN3O4/c1-24(2)18-16(19(26)22-20(12-25)9-5-4-6-10-20)17(28-23-18)13-7-8-14(21)15(11-13)27-3/h7-8,11,25H,4-6,9-10,12H2,1-3H3,(H,22,26). The number of nitrogens with one attached hydrogen (secondary N) is 1. The van der Waals surface area contributed by atoms with Crippen molar-refractivity contribution < 1.29 is 23.6 Å². The van der Waals surface area contributed by atoms with E-state index in [1.807, 2.05) is 0 Å². The van der Waals surface area contributed by atoms with Gasteiger partial charge in [0.15, 0.2) is 23.1 Å². The number of hydrogen-bond donors (Lipinski definition) is 2. The van der Waals surface area contributed by atoms with Crippen molar-refractivity contribution in [1.29, 1.82) is 0 Å². The van der Waals surface area contributed by atoms with Crippen LogP contribution in [0.25, 0.3) is 11.3 Å². The average Bonchev–Trinajstić information content (AvgIpc) is 3.14. The van der Waals surface area contributed by atoms with E-state index in [0.717, 1.165) is 32.1 Å². The van der Waals surface area contributed by atoms with E-state index >= 15 is 0 Å². The molecular formula is C20H26FN3O4. The van der Waals surface area contributed by atoms with E-state index < -0.39 is 11.4 Å². The summed E-state index contributed by atoms with van der Waals surface area (Å²) in [6.45, 7) is -0.124. The fourth-order valence-corrected chi connectivity index (χ4v) is 3.64. The van der Waals surface area contributed by atoms with E-state index in [1.54, 1.807) is 19.0 Å². The van der Waals surface area contributed by atoms with Crippen LogP contribution in [0, 0.1) is 5.82 Å². The van der Waals surface area contributed by atoms with Crippen molar-refractivity contribution in [1.82, 2.24) is 10.5 Å². The number of aromatic nitrogens is 1. The second-order valence-electron chi connectivity index (χ2n) is 7.41. The molecule has 1 aromatic carbocycles. The SMILES string of the molecule is COc1cc(-c2onc(N(C)C)c2C(=O)NC2(CO)CCCCC2)ccc1F. The van der Waals surface area contributed by atoms with Crippen LogP contribution in [0.1, 0.15) is 42.5 Å². The topological polar surface area (TPSA) is 87.8 Å². The Labute approximate surface area is 163 Å². The normalized spacial score (nSPS) is 15.9. The molecular weight excluding hydrogens is 365 g/mol. The number of rotatable bonds is 6. The quantitative estimate of drug-likeness (QED) is 0.787. The molecule has 0 spiro atoms. The van der Waals surface area contributed by atoms with Crippen LogP contribution in [0.3, 0.4) is 0 Å². The third-order valence-electron chi connectivity index (χ3n) is 5.23. The molecule has 1 saturated carbocycles. The van der Waals surface area contributed by atoms with E-state index in [0.29, 0.717) is 11.4 Å². The zero-order chi connectivity index (χ0) is 20.3. The highest BCUT2D eigenvalue weighted by Crippen LogP contribution is 2.35. The van der Waals surface area contributed by atoms with Gasteiger partial charge in [0, 0.05) is 19.7 Å². The lowest BCUT2D eigenvalue weighted by Crippen LogP contribution is -2.52. The van der Waals surface area contributed by atoms with Crippen molar-refractivity contribution in [2.75, 3.05) is 32.7 Å². The Kier molecular flexibility index (Phi) is 5.88. The fraction of sp³-hybridized carbons (Fsp3) is 0.500. The van der Waals surface area contributed by atoms with Gasteiger partial charge >= 0.3 is 0 Å². The van der Waals surface area contributed by atoms with Gasteiger partial charge in [-0.1, -0.05) is 24.4 Å². The first-order chi connectivity index (χ1) is 13.4. The first-order valence-electron chi connectivity index (χ1n) is 9.35. The summed E-state index contributed by atoms with van der Waals surface area (Å²) in [7, 11) is 4.88. The van der Waals surface area contributed by atoms with Gasteiger partial charge in [-0.05, 0) is 31.0 Å². The minimum Gasteiger partial charge on any atom is -0.494 e. The van der Waals surface area contributed by atoms with Crippen LogP contribution in [0.15, 0.2) is 22.7 Å². The Balaban J connectivity index is 2.01. The van der Waals surface area contributed by atoms with Crippen molar-refractivity contribution in [3.05, 3.63) is 29.6 Å². The lowest BCUT2D eigenvalue weighted by molar-refractivity contribution is 0.0759. The highest BCUT2D eigenvalue weighted by molar-refractivity contribution is 6.04. The lowest BCUT2D eigenvalue weighted by atomic mass is 9.82. The van der Waals surface area contributed by atoms with Gasteiger partial charge in [0.05, 0.1) is 19.3 Å². The Morgan fingerprint density at radius 3 is 2.68 bits per heavy atom. The molecule has 1 aliphatic carbocycles. The van der Waals surface area contributed by atoms with Crippen molar-refractivity contribution >= 4 is 11.7 Å². The second kappa shape index (κ2) is 8.18. The molecule has 28 heavy (non-hydrogen) atoms. The monoisotopic (exact) mass is 391 g/mol. The number of amides is 1. The number of anilines is 1. The average molecular weight is 391 g/mol. The lowest BCUT2D eigenvalue weighted by Gasteiger charge is -2.36. The minimum absolute atomic E-state index is 0.0470. The third kappa shape index (κ3) is 3.82. The maximum Gasteiger partial charge on any atom is 0.259 e. The Morgan fingerprint density at radius 2 is 2.07 bits per heavy atom. The summed E-state index contributed by atoms with van der Waals surface area (Å²) in [5.41, 5.74) is 0.0799. The van der Waals surface area contributed by atoms with Crippen LogP contribution >= 0.6 is 0 Å². The molecule has 0 radical (unpaired) electrons. The van der Waals surface area contributed by atoms with Crippen LogP contribution in [0.5, 0.6) is 5.75 Å². The van der Waals surface area contributed by atoms with Crippen LogP contribution in [0.4, 0.5) is 10.2 Å². The molecule has 7 nitrogen and oxygen atoms in total. The molecule has 1 fully saturated rings. The zero-order valence-corrected chi connectivity index (χ0v) is 16.4. The first kappa shape index (κ1) is 20.1. The first-order valence-corrected chi connectivity index (χ1v) is 9.35. The minimum atomic E-state index is -0.645. The molecule has 0 atom stereocenters. The van der Waals surface area contributed by atoms with Crippen molar-refractivity contribution in [3.63, 3.8) is 0 Å². The molecule has 0 bridgehead atoms. The van der Waals surface area contributed by atoms with Crippen LogP contribution < -0.4 is 15.0 Å². The number of carbonyl (C=O) groups is 1. The van der Waals surface area contributed by atoms with Crippen LogP contribution in [-0.2, 0) is 0 Å². The van der Waals surface area contributed by atoms with E-state index in [1.165, 1.54) is 25.3 Å². The summed E-state index contributed by atoms with van der Waals surface area (Å²) < 4.78 is 24.3. The van der Waals surface area contributed by atoms with E-state index in [4.69, 9.17) is 9.26 Å². The molecule has 1 heterocycles. The number of hydrogen-bond acceptors (Lipinski definition) is 6. The number of halogens is 1. The Hall–Kier alpha value is -2.61. The smallest absolute Gasteiger partial charge is 0.259 e. The molecule has 152 valence electrons. The van der Waals surface area contributed by atoms with E-state index in [9.17, 15) is 14.3 Å². The van der Waals surface area contributed by atoms with Crippen LogP contribution in [0.2, 0.25) is 0 Å². The molecule has 8 heteroatoms. The maximum atomic E-state index is 13.8. The number of methoxy groups -OCH3 is 1. The molecule has 0 unspecified atom stereocenters. The van der Waals surface area contributed by atoms with E-state index in [2.05, 4.69) is 10.5 Å². The molecule has 1 amide bonds. The van der Waals surface area contributed by atoms with Gasteiger partial charge in [-0.3, -0.25) is 4.79 Å². The number of ether oxygens (including phenoxy) is 1. The Bertz CT molecular complexity index is 844. The maximum absolute atomic E-state index is 13.8. The highest BCUT2D eigenvalue weighted by atomic mass is 19.1. The predicted molar refractivity (Wildman–Crippen MR) is 103 cm³/mol. The highest BCUT2D eigenvalue weighted by Gasteiger charge is 2.36. The number of carbonyl (C=O) groups excluding carboxylic acids is 1. The van der Waals surface area contributed by atoms with Gasteiger partial charge in [-0.25, -0.2) is 4.39 Å². The molecule has 0 saturated heterocycles. The predicted octanol–water partition coefficient (Wildman–Crippen LogP) is 2.98. The molecule has 2 N–H and O–H groups in total. The van der Waals surface area contributed by atoms with Crippen molar-refractivity contribution in [2.24, 2.45) is 0 Å². The summed E-state index contributed by atoms with van der Waals surface area (Å²) in [4.78, 5) is 14.9. The summed E-state index contributed by atoms with van der Waals surface area (Å²) in [6, 6.07) is 4.23. The van der Waals surface area contributed by atoms with Gasteiger partial charge in [-0.2, -0.15) is 0 Å². The van der Waals surface area contributed by atoms with Crippen molar-refractivity contribution in [2.45, 2.75) is 37.6 Å². The van der Waals surface area contributed by atoms with Gasteiger partial charge in [0.1, 0.15) is 5.56 Å². The van der Waals surface area contributed by atoms with E-state index in [-0.39, 0.29) is 29.6 Å². The third-order valence-corrected chi connectivity index (χ3v) is 5.23. The number of aliphatic hydroxyl groups excluding tert-OH is 1. The molecule has 1 aromatic heterocycles. The van der Waals surface area contributed by atoms with Gasteiger partial charge in [0.25, 0.3) is 5.91 Å². The summed E-state index contributed by atoms with van der Waals surface area (Å²) in [6.07, 6.45) is 4.43. The number of benzene rings is 1. The van der Waals surface area contributed by atoms with Gasteiger partial charge in [0.2, 0.25) is 0 Å². The summed E-state index contributed by atoms with van der Waals surface area (Å²) in [5, 5.41) is 17.0. The Morgan fingerprint density at radius 1 is 1.36 bits per heavy atom. The van der Waals surface area contributed by atoms with Gasteiger partial charge in [-0.15, -0.1) is 0 Å². The molecule has 0 aliphatic heterocycles. The second-order valence-corrected chi connectivity index (χ2v) is 7.41. The zero-order valence-electron chi connectivity index (χ0n) is 16.4. The van der Waals surface area contributed by atoms with Gasteiger partial charge < -0.3 is 24.6 Å².